The number of carbonyl (C=O) groups excluding carboxylic acids is 1. The molecule has 10 nitrogen and oxygen atoms in total. The Kier molecular flexibility index (Phi) is 3.29. The third-order valence-electron chi connectivity index (χ3n) is 6.30. The molecule has 0 aromatic carbocycles. The van der Waals surface area contributed by atoms with Crippen LogP contribution in [0.15, 0.2) is 10.6 Å². The van der Waals surface area contributed by atoms with Gasteiger partial charge in [-0.05, 0) is 37.5 Å². The van der Waals surface area contributed by atoms with Gasteiger partial charge in [-0.3, -0.25) is 4.55 Å². The fraction of sp³-hybridized carbons (Fsp3) is 0.733. The van der Waals surface area contributed by atoms with Gasteiger partial charge in [-0.2, -0.15) is 13.5 Å². The van der Waals surface area contributed by atoms with Gasteiger partial charge in [-0.15, -0.1) is 4.28 Å². The summed E-state index contributed by atoms with van der Waals surface area (Å²) in [6.07, 6.45) is 4.16. The second-order valence-corrected chi connectivity index (χ2v) is 8.95. The molecular formula is C15H20N4O6S. The molecule has 2 aliphatic heterocycles. The summed E-state index contributed by atoms with van der Waals surface area (Å²) in [5, 5.41) is 4.99. The first-order valence-corrected chi connectivity index (χ1v) is 10.1. The Labute approximate surface area is 150 Å². The van der Waals surface area contributed by atoms with Crippen LogP contribution in [0, 0.1) is 5.41 Å². The van der Waals surface area contributed by atoms with Gasteiger partial charge >= 0.3 is 16.4 Å². The van der Waals surface area contributed by atoms with Crippen LogP contribution in [0.3, 0.4) is 0 Å². The number of aromatic nitrogens is 1. The van der Waals surface area contributed by atoms with Crippen molar-refractivity contribution in [1.29, 1.82) is 0 Å². The first-order valence-electron chi connectivity index (χ1n) is 8.75. The van der Waals surface area contributed by atoms with E-state index >= 15 is 0 Å². The van der Waals surface area contributed by atoms with Crippen LogP contribution in [0.25, 0.3) is 0 Å². The number of nitrogens with two attached hydrogens (primary N) is 1. The Balaban J connectivity index is 1.42. The molecule has 2 saturated heterocycles. The van der Waals surface area contributed by atoms with Gasteiger partial charge in [0.15, 0.2) is 0 Å². The van der Waals surface area contributed by atoms with Crippen molar-refractivity contribution in [3.8, 4) is 0 Å². The predicted molar refractivity (Wildman–Crippen MR) is 85.8 cm³/mol. The summed E-state index contributed by atoms with van der Waals surface area (Å²) in [6, 6.07) is 0.838. The standard InChI is InChI=1S/C15H20N4O6S/c16-9-3-8(4-9)12-5-10(17-24-12)11-6-15(1-2-15)13-7-18(11)14(20)19(13)25-26(21,22)23/h5,8-9,11,13H,1-4,6-7,16H2,(H,21,22,23)/t8-,9+,11-,13+/m0/s1. The number of urea groups is 1. The number of hydroxylamine groups is 2. The van der Waals surface area contributed by atoms with Crippen molar-refractivity contribution in [2.45, 2.75) is 56.1 Å². The predicted octanol–water partition coefficient (Wildman–Crippen LogP) is 0.945. The third-order valence-corrected chi connectivity index (χ3v) is 6.65. The first kappa shape index (κ1) is 16.5. The van der Waals surface area contributed by atoms with Gasteiger partial charge < -0.3 is 15.2 Å². The van der Waals surface area contributed by atoms with Gasteiger partial charge in [0.05, 0.1) is 12.1 Å². The van der Waals surface area contributed by atoms with E-state index in [2.05, 4.69) is 9.44 Å². The smallest absolute Gasteiger partial charge is 0.361 e. The molecule has 0 radical (unpaired) electrons. The molecule has 1 aromatic rings. The Bertz CT molecular complexity index is 859. The minimum atomic E-state index is -4.76. The average molecular weight is 384 g/mol. The summed E-state index contributed by atoms with van der Waals surface area (Å²) >= 11 is 0. The van der Waals surface area contributed by atoms with E-state index in [4.69, 9.17) is 14.8 Å². The molecule has 3 N–H and O–H groups in total. The minimum Gasteiger partial charge on any atom is -0.361 e. The van der Waals surface area contributed by atoms with E-state index in [1.165, 1.54) is 0 Å². The van der Waals surface area contributed by atoms with E-state index in [1.54, 1.807) is 4.90 Å². The van der Waals surface area contributed by atoms with Crippen LogP contribution < -0.4 is 5.73 Å². The maximum atomic E-state index is 12.7. The van der Waals surface area contributed by atoms with Crippen molar-refractivity contribution in [1.82, 2.24) is 15.1 Å². The van der Waals surface area contributed by atoms with Crippen LogP contribution >= 0.6 is 0 Å². The van der Waals surface area contributed by atoms with Crippen molar-refractivity contribution in [3.05, 3.63) is 17.5 Å². The van der Waals surface area contributed by atoms with Gasteiger partial charge in [-0.1, -0.05) is 5.16 Å². The van der Waals surface area contributed by atoms with Gasteiger partial charge in [0.25, 0.3) is 0 Å². The lowest BCUT2D eigenvalue weighted by atomic mass is 9.79. The summed E-state index contributed by atoms with van der Waals surface area (Å²) in [6.45, 7) is 0.343. The molecule has 2 aliphatic carbocycles. The molecule has 26 heavy (non-hydrogen) atoms. The molecule has 1 spiro atoms. The monoisotopic (exact) mass is 384 g/mol. The number of nitrogens with zero attached hydrogens (tertiary/aromatic N) is 3. The molecule has 2 amide bonds. The second-order valence-electron chi connectivity index (χ2n) is 7.94. The number of hydrogen-bond acceptors (Lipinski definition) is 7. The zero-order valence-corrected chi connectivity index (χ0v) is 14.8. The maximum absolute atomic E-state index is 12.7. The SMILES string of the molecule is N[C@H]1C[C@@H](c2cc([C@@H]3CC4(CC4)[C@H]4CN3C(=O)N4OS(=O)(=O)O)no2)C1. The molecular weight excluding hydrogens is 364 g/mol. The largest absolute Gasteiger partial charge is 0.418 e. The Morgan fingerprint density at radius 3 is 2.73 bits per heavy atom. The van der Waals surface area contributed by atoms with Crippen molar-refractivity contribution in [2.75, 3.05) is 6.54 Å². The molecule has 2 saturated carbocycles. The average Bonchev–Trinajstić information content (AvgIpc) is 3.02. The molecule has 2 bridgehead atoms. The highest BCUT2D eigenvalue weighted by Crippen LogP contribution is 2.62. The van der Waals surface area contributed by atoms with Crippen LogP contribution in [0.1, 0.15) is 55.5 Å². The third kappa shape index (κ3) is 2.45. The molecule has 4 aliphatic rings. The van der Waals surface area contributed by atoms with E-state index < -0.39 is 16.4 Å². The molecule has 1 aromatic heterocycles. The number of piperidine rings is 1. The quantitative estimate of drug-likeness (QED) is 0.731. The first-order chi connectivity index (χ1) is 12.3. The van der Waals surface area contributed by atoms with Gasteiger partial charge in [0, 0.05) is 24.6 Å². The number of carbonyl (C=O) groups is 1. The van der Waals surface area contributed by atoms with E-state index in [9.17, 15) is 13.2 Å². The highest BCUT2D eigenvalue weighted by atomic mass is 32.3. The van der Waals surface area contributed by atoms with Crippen molar-refractivity contribution in [3.63, 3.8) is 0 Å². The molecule has 142 valence electrons. The fourth-order valence-corrected chi connectivity index (χ4v) is 5.00. The van der Waals surface area contributed by atoms with Gasteiger partial charge in [-0.25, -0.2) is 4.79 Å². The summed E-state index contributed by atoms with van der Waals surface area (Å²) in [7, 11) is -4.76. The molecule has 5 rings (SSSR count). The van der Waals surface area contributed by atoms with E-state index in [1.807, 2.05) is 6.07 Å². The van der Waals surface area contributed by atoms with E-state index in [-0.39, 0.29) is 29.5 Å². The van der Waals surface area contributed by atoms with Crippen molar-refractivity contribution >= 4 is 16.4 Å². The van der Waals surface area contributed by atoms with Gasteiger partial charge in [0.2, 0.25) is 0 Å². The molecule has 11 heteroatoms. The lowest BCUT2D eigenvalue weighted by Crippen LogP contribution is -2.43. The highest BCUT2D eigenvalue weighted by molar-refractivity contribution is 7.80. The summed E-state index contributed by atoms with van der Waals surface area (Å²) in [4.78, 5) is 14.2. The van der Waals surface area contributed by atoms with Crippen LogP contribution in [-0.2, 0) is 14.7 Å². The lowest BCUT2D eigenvalue weighted by molar-refractivity contribution is -0.0527. The number of amides is 2. The maximum Gasteiger partial charge on any atom is 0.418 e. The topological polar surface area (TPSA) is 139 Å². The van der Waals surface area contributed by atoms with Crippen LogP contribution in [-0.4, -0.2) is 52.7 Å². The van der Waals surface area contributed by atoms with E-state index in [0.29, 0.717) is 18.7 Å². The Morgan fingerprint density at radius 1 is 1.38 bits per heavy atom. The second kappa shape index (κ2) is 5.18. The van der Waals surface area contributed by atoms with Gasteiger partial charge in [0.1, 0.15) is 11.5 Å². The number of fused-ring (bicyclic) bond motifs is 3. The summed E-state index contributed by atoms with van der Waals surface area (Å²) < 4.78 is 41.3. The molecule has 0 unspecified atom stereocenters. The molecule has 2 atom stereocenters. The molecule has 3 heterocycles. The Hall–Kier alpha value is -1.69. The summed E-state index contributed by atoms with van der Waals surface area (Å²) in [5.74, 6) is 1.05. The normalized spacial score (nSPS) is 35.1. The zero-order valence-electron chi connectivity index (χ0n) is 13.9. The molecule has 4 fully saturated rings. The fourth-order valence-electron chi connectivity index (χ4n) is 4.63. The van der Waals surface area contributed by atoms with Crippen LogP contribution in [0.2, 0.25) is 0 Å². The Morgan fingerprint density at radius 2 is 2.12 bits per heavy atom. The minimum absolute atomic E-state index is 0.198. The van der Waals surface area contributed by atoms with E-state index in [0.717, 1.165) is 36.5 Å². The van der Waals surface area contributed by atoms with Crippen LogP contribution in [0.4, 0.5) is 4.79 Å². The van der Waals surface area contributed by atoms with Crippen LogP contribution in [0.5, 0.6) is 0 Å². The van der Waals surface area contributed by atoms with Crippen molar-refractivity contribution < 1.29 is 26.6 Å². The lowest BCUT2D eigenvalue weighted by Gasteiger charge is -2.35. The number of hydrogen-bond donors (Lipinski definition) is 2. The number of rotatable bonds is 4. The zero-order chi connectivity index (χ0) is 18.3. The highest BCUT2D eigenvalue weighted by Gasteiger charge is 2.64. The van der Waals surface area contributed by atoms with Crippen molar-refractivity contribution in [2.24, 2.45) is 11.1 Å². The summed E-state index contributed by atoms with van der Waals surface area (Å²) in [5.41, 5.74) is 6.30.